The normalized spacial score (nSPS) is 29.0. The second kappa shape index (κ2) is 6.18. The van der Waals surface area contributed by atoms with Crippen LogP contribution >= 0.6 is 11.6 Å². The average Bonchev–Trinajstić information content (AvgIpc) is 3.03. The minimum absolute atomic E-state index is 0.0956. The molecule has 0 bridgehead atoms. The van der Waals surface area contributed by atoms with E-state index in [0.717, 1.165) is 16.5 Å². The van der Waals surface area contributed by atoms with Gasteiger partial charge in [0.25, 0.3) is 10.2 Å². The number of hydrogen-bond acceptors (Lipinski definition) is 4. The Morgan fingerprint density at radius 1 is 1.18 bits per heavy atom. The summed E-state index contributed by atoms with van der Waals surface area (Å²) in [7, 11) is -3.67. The number of fused-ring (bicyclic) bond motifs is 2. The molecular weight excluding hydrogens is 400 g/mol. The van der Waals surface area contributed by atoms with E-state index in [0.29, 0.717) is 23.6 Å². The Morgan fingerprint density at radius 3 is 2.61 bits per heavy atom. The zero-order valence-electron chi connectivity index (χ0n) is 14.8. The van der Waals surface area contributed by atoms with Crippen molar-refractivity contribution in [3.8, 4) is 0 Å². The number of H-pyrrole nitrogens is 1. The van der Waals surface area contributed by atoms with Crippen molar-refractivity contribution in [3.63, 3.8) is 0 Å². The quantitative estimate of drug-likeness (QED) is 0.511. The van der Waals surface area contributed by atoms with E-state index in [2.05, 4.69) is 19.6 Å². The van der Waals surface area contributed by atoms with Gasteiger partial charge in [-0.05, 0) is 54.5 Å². The number of aromatic amines is 1. The van der Waals surface area contributed by atoms with Gasteiger partial charge in [0.05, 0.1) is 17.3 Å². The Kier molecular flexibility index (Phi) is 3.96. The molecule has 0 radical (unpaired) electrons. The Morgan fingerprint density at radius 2 is 1.89 bits per heavy atom. The van der Waals surface area contributed by atoms with Gasteiger partial charge in [0.15, 0.2) is 0 Å². The van der Waals surface area contributed by atoms with Crippen molar-refractivity contribution in [3.05, 3.63) is 59.2 Å². The molecule has 1 heterocycles. The van der Waals surface area contributed by atoms with Crippen LogP contribution in [0, 0.1) is 11.8 Å². The Labute approximate surface area is 167 Å². The van der Waals surface area contributed by atoms with Crippen LogP contribution in [-0.2, 0) is 15.8 Å². The number of aromatic nitrogens is 2. The highest BCUT2D eigenvalue weighted by molar-refractivity contribution is 7.90. The number of para-hydroxylation sites is 1. The van der Waals surface area contributed by atoms with Gasteiger partial charge in [0.2, 0.25) is 0 Å². The first kappa shape index (κ1) is 17.9. The van der Waals surface area contributed by atoms with E-state index in [9.17, 15) is 13.5 Å². The van der Waals surface area contributed by atoms with Crippen molar-refractivity contribution in [2.75, 3.05) is 4.72 Å². The van der Waals surface area contributed by atoms with Gasteiger partial charge in [-0.1, -0.05) is 29.8 Å². The second-order valence-electron chi connectivity index (χ2n) is 7.67. The van der Waals surface area contributed by atoms with Crippen molar-refractivity contribution < 1.29 is 13.5 Å². The SMILES string of the molecule is O=S(=O)(Nc1ccccc1)N[C@H]1[C@@H]2C[C@](O)(c3cc(Cl)cc4[nH]ncc34)C[C@@H]21. The smallest absolute Gasteiger partial charge is 0.299 e. The molecule has 2 aliphatic rings. The van der Waals surface area contributed by atoms with Crippen molar-refractivity contribution >= 4 is 38.4 Å². The first-order valence-corrected chi connectivity index (χ1v) is 10.9. The van der Waals surface area contributed by atoms with E-state index < -0.39 is 15.8 Å². The lowest BCUT2D eigenvalue weighted by Gasteiger charge is -2.27. The zero-order chi connectivity index (χ0) is 19.5. The lowest BCUT2D eigenvalue weighted by atomic mass is 9.86. The fourth-order valence-corrected chi connectivity index (χ4v) is 5.96. The largest absolute Gasteiger partial charge is 0.385 e. The molecule has 0 spiro atoms. The van der Waals surface area contributed by atoms with Crippen molar-refractivity contribution in [2.45, 2.75) is 24.5 Å². The summed E-state index contributed by atoms with van der Waals surface area (Å²) in [5.41, 5.74) is 1.01. The van der Waals surface area contributed by atoms with Gasteiger partial charge in [-0.15, -0.1) is 0 Å². The van der Waals surface area contributed by atoms with E-state index in [4.69, 9.17) is 11.6 Å². The number of anilines is 1. The van der Waals surface area contributed by atoms with Crippen LogP contribution in [0.3, 0.4) is 0 Å². The molecular formula is C19H19ClN4O3S. The molecule has 4 N–H and O–H groups in total. The molecule has 0 amide bonds. The van der Waals surface area contributed by atoms with Gasteiger partial charge in [-0.25, -0.2) is 0 Å². The van der Waals surface area contributed by atoms with Crippen molar-refractivity contribution in [2.24, 2.45) is 11.8 Å². The second-order valence-corrected chi connectivity index (χ2v) is 9.55. The zero-order valence-corrected chi connectivity index (χ0v) is 16.3. The van der Waals surface area contributed by atoms with Gasteiger partial charge in [-0.3, -0.25) is 9.82 Å². The molecule has 0 saturated heterocycles. The number of hydrogen-bond donors (Lipinski definition) is 4. The summed E-state index contributed by atoms with van der Waals surface area (Å²) in [5.74, 6) is 0.191. The third-order valence-electron chi connectivity index (χ3n) is 5.82. The molecule has 1 aromatic heterocycles. The van der Waals surface area contributed by atoms with Gasteiger partial charge in [0, 0.05) is 22.1 Å². The number of nitrogens with zero attached hydrogens (tertiary/aromatic N) is 1. The van der Waals surface area contributed by atoms with Crippen LogP contribution in [-0.4, -0.2) is 29.8 Å². The first-order valence-electron chi connectivity index (χ1n) is 9.05. The molecule has 146 valence electrons. The molecule has 3 aromatic rings. The summed E-state index contributed by atoms with van der Waals surface area (Å²) in [6, 6.07) is 12.1. The number of halogens is 1. The molecule has 2 aliphatic carbocycles. The van der Waals surface area contributed by atoms with Crippen molar-refractivity contribution in [1.29, 1.82) is 0 Å². The number of aliphatic hydroxyl groups is 1. The molecule has 7 nitrogen and oxygen atoms in total. The number of benzene rings is 2. The van der Waals surface area contributed by atoms with E-state index >= 15 is 0 Å². The maximum absolute atomic E-state index is 12.4. The first-order chi connectivity index (χ1) is 13.3. The Bertz CT molecular complexity index is 1140. The maximum atomic E-state index is 12.4. The average molecular weight is 419 g/mol. The minimum Gasteiger partial charge on any atom is -0.385 e. The molecule has 28 heavy (non-hydrogen) atoms. The van der Waals surface area contributed by atoms with Gasteiger partial charge < -0.3 is 5.11 Å². The summed E-state index contributed by atoms with van der Waals surface area (Å²) >= 11 is 6.20. The van der Waals surface area contributed by atoms with E-state index in [1.807, 2.05) is 6.07 Å². The van der Waals surface area contributed by atoms with Crippen LogP contribution < -0.4 is 9.44 Å². The van der Waals surface area contributed by atoms with Crippen LogP contribution in [0.25, 0.3) is 10.9 Å². The topological polar surface area (TPSA) is 107 Å². The van der Waals surface area contributed by atoms with Gasteiger partial charge >= 0.3 is 0 Å². The fraction of sp³-hybridized carbons (Fsp3) is 0.316. The summed E-state index contributed by atoms with van der Waals surface area (Å²) in [4.78, 5) is 0. The van der Waals surface area contributed by atoms with Gasteiger partial charge in [0.1, 0.15) is 0 Å². The molecule has 0 unspecified atom stereocenters. The third-order valence-corrected chi connectivity index (χ3v) is 7.13. The standard InChI is InChI=1S/C19H19ClN4O3S/c20-11-6-16(15-10-21-22-17(15)7-11)19(25)8-13-14(9-19)18(13)24-28(26,27)23-12-4-2-1-3-5-12/h1-7,10,13-14,18,23-25H,8-9H2,(H,21,22)/t13-,14+,18+,19-. The summed E-state index contributed by atoms with van der Waals surface area (Å²) in [5, 5.41) is 19.6. The predicted molar refractivity (Wildman–Crippen MR) is 107 cm³/mol. The molecule has 9 heteroatoms. The van der Waals surface area contributed by atoms with Gasteiger partial charge in [-0.2, -0.15) is 18.2 Å². The van der Waals surface area contributed by atoms with Crippen LogP contribution in [0.4, 0.5) is 5.69 Å². The lowest BCUT2D eigenvalue weighted by molar-refractivity contribution is 0.0303. The Balaban J connectivity index is 1.31. The molecule has 2 aromatic carbocycles. The molecule has 0 aliphatic heterocycles. The van der Waals surface area contributed by atoms with Crippen LogP contribution in [0.2, 0.25) is 5.02 Å². The van der Waals surface area contributed by atoms with Crippen LogP contribution in [0.5, 0.6) is 0 Å². The van der Waals surface area contributed by atoms with Crippen LogP contribution in [0.15, 0.2) is 48.7 Å². The van der Waals surface area contributed by atoms with Crippen LogP contribution in [0.1, 0.15) is 18.4 Å². The highest BCUT2D eigenvalue weighted by atomic mass is 35.5. The van der Waals surface area contributed by atoms with E-state index in [1.54, 1.807) is 42.6 Å². The maximum Gasteiger partial charge on any atom is 0.299 e. The van der Waals surface area contributed by atoms with Crippen molar-refractivity contribution in [1.82, 2.24) is 14.9 Å². The fourth-order valence-electron chi connectivity index (χ4n) is 4.53. The monoisotopic (exact) mass is 418 g/mol. The van der Waals surface area contributed by atoms with E-state index in [1.165, 1.54) is 0 Å². The molecule has 2 saturated carbocycles. The number of rotatable bonds is 5. The number of nitrogens with one attached hydrogen (secondary N) is 3. The molecule has 2 fully saturated rings. The summed E-state index contributed by atoms with van der Waals surface area (Å²) in [6.07, 6.45) is 2.65. The lowest BCUT2D eigenvalue weighted by Crippen LogP contribution is -2.36. The van der Waals surface area contributed by atoms with E-state index in [-0.39, 0.29) is 17.9 Å². The summed E-state index contributed by atoms with van der Waals surface area (Å²) < 4.78 is 30.0. The summed E-state index contributed by atoms with van der Waals surface area (Å²) in [6.45, 7) is 0. The molecule has 4 atom stereocenters. The minimum atomic E-state index is -3.67. The predicted octanol–water partition coefficient (Wildman–Crippen LogP) is 2.76. The molecule has 5 rings (SSSR count). The highest BCUT2D eigenvalue weighted by Gasteiger charge is 2.62. The highest BCUT2D eigenvalue weighted by Crippen LogP contribution is 2.60. The Hall–Kier alpha value is -2.13. The third kappa shape index (κ3) is 3.06.